The van der Waals surface area contributed by atoms with Crippen molar-refractivity contribution in [3.8, 4) is 11.1 Å². The van der Waals surface area contributed by atoms with Crippen molar-refractivity contribution >= 4 is 44.7 Å². The lowest BCUT2D eigenvalue weighted by molar-refractivity contribution is -0.0885. The highest BCUT2D eigenvalue weighted by Crippen LogP contribution is 2.38. The maximum atomic E-state index is 15.3. The third-order valence-electron chi connectivity index (χ3n) is 7.95. The van der Waals surface area contributed by atoms with Crippen LogP contribution in [0, 0.1) is 5.82 Å². The Kier molecular flexibility index (Phi) is 8.73. The molecule has 0 atom stereocenters. The van der Waals surface area contributed by atoms with Gasteiger partial charge in [-0.1, -0.05) is 60.1 Å². The van der Waals surface area contributed by atoms with E-state index in [1.807, 2.05) is 38.4 Å². The number of thiophene rings is 1. The molecule has 0 radical (unpaired) electrons. The summed E-state index contributed by atoms with van der Waals surface area (Å²) < 4.78 is 54.6. The minimum atomic E-state index is -4.97. The summed E-state index contributed by atoms with van der Waals surface area (Å²) in [4.78, 5) is 30.0. The molecule has 1 aromatic heterocycles. The molecule has 0 N–H and O–H groups in total. The first-order valence-corrected chi connectivity index (χ1v) is 14.8. The van der Waals surface area contributed by atoms with Crippen LogP contribution in [0.15, 0.2) is 66.7 Å². The maximum absolute atomic E-state index is 15.3. The monoisotopic (exact) mass is 616 g/mol. The zero-order valence-electron chi connectivity index (χ0n) is 23.1. The van der Waals surface area contributed by atoms with Gasteiger partial charge >= 0.3 is 6.18 Å². The molecular weight excluding hydrogens is 588 g/mol. The van der Waals surface area contributed by atoms with Crippen molar-refractivity contribution in [1.82, 2.24) is 9.80 Å². The highest BCUT2D eigenvalue weighted by molar-refractivity contribution is 7.21. The van der Waals surface area contributed by atoms with Gasteiger partial charge < -0.3 is 9.80 Å². The molecule has 1 saturated carbocycles. The summed E-state index contributed by atoms with van der Waals surface area (Å²) in [5.74, 6) is -2.67. The van der Waals surface area contributed by atoms with E-state index in [9.17, 15) is 22.8 Å². The summed E-state index contributed by atoms with van der Waals surface area (Å²) in [7, 11) is 4.08. The first-order valence-electron chi connectivity index (χ1n) is 13.6. The topological polar surface area (TPSA) is 40.6 Å². The Bertz CT molecular complexity index is 1610. The highest BCUT2D eigenvalue weighted by atomic mass is 35.5. The fourth-order valence-corrected chi connectivity index (χ4v) is 7.04. The van der Waals surface area contributed by atoms with Crippen molar-refractivity contribution in [3.63, 3.8) is 0 Å². The summed E-state index contributed by atoms with van der Waals surface area (Å²) in [6, 6.07) is 17.2. The summed E-state index contributed by atoms with van der Waals surface area (Å²) in [6.45, 7) is 0.00498. The zero-order chi connectivity index (χ0) is 30.2. The van der Waals surface area contributed by atoms with Crippen LogP contribution >= 0.6 is 22.9 Å². The van der Waals surface area contributed by atoms with E-state index in [1.54, 1.807) is 11.0 Å². The lowest BCUT2D eigenvalue weighted by atomic mass is 9.89. The van der Waals surface area contributed by atoms with Crippen molar-refractivity contribution in [3.05, 3.63) is 93.6 Å². The molecule has 0 unspecified atom stereocenters. The molecule has 5 rings (SSSR count). The van der Waals surface area contributed by atoms with Crippen LogP contribution in [-0.2, 0) is 6.54 Å². The highest BCUT2D eigenvalue weighted by Gasteiger charge is 2.39. The van der Waals surface area contributed by atoms with E-state index in [0.29, 0.717) is 27.1 Å². The minimum absolute atomic E-state index is 0.00498. The van der Waals surface area contributed by atoms with Crippen LogP contribution in [-0.4, -0.2) is 53.8 Å². The number of benzene rings is 3. The first kappa shape index (κ1) is 30.2. The maximum Gasteiger partial charge on any atom is 0.454 e. The normalized spacial score (nSPS) is 17.5. The lowest BCUT2D eigenvalue weighted by Crippen LogP contribution is -2.44. The van der Waals surface area contributed by atoms with Gasteiger partial charge in [0.15, 0.2) is 0 Å². The van der Waals surface area contributed by atoms with E-state index in [2.05, 4.69) is 4.90 Å². The van der Waals surface area contributed by atoms with Crippen LogP contribution in [0.5, 0.6) is 0 Å². The number of carbonyl (C=O) groups is 2. The number of alkyl halides is 3. The number of carbonyl (C=O) groups excluding carboxylic acids is 2. The average molecular weight is 617 g/mol. The number of rotatable bonds is 7. The van der Waals surface area contributed by atoms with Gasteiger partial charge in [-0.25, -0.2) is 4.39 Å². The summed E-state index contributed by atoms with van der Waals surface area (Å²) in [5.41, 5.74) is 0.884. The van der Waals surface area contributed by atoms with Crippen LogP contribution in [0.2, 0.25) is 5.02 Å². The zero-order valence-corrected chi connectivity index (χ0v) is 24.6. The number of fused-ring (bicyclic) bond motifs is 1. The van der Waals surface area contributed by atoms with Crippen LogP contribution < -0.4 is 0 Å². The Morgan fingerprint density at radius 1 is 0.905 bits per heavy atom. The molecule has 220 valence electrons. The summed E-state index contributed by atoms with van der Waals surface area (Å²) in [5, 5.41) is 1.18. The van der Waals surface area contributed by atoms with Crippen LogP contribution in [0.3, 0.4) is 0 Å². The molecule has 0 spiro atoms. The fraction of sp³-hybridized carbons (Fsp3) is 0.312. The molecule has 0 aliphatic heterocycles. The van der Waals surface area contributed by atoms with Crippen molar-refractivity contribution in [1.29, 1.82) is 0 Å². The molecule has 1 aliphatic rings. The number of hydrogen-bond acceptors (Lipinski definition) is 4. The fourth-order valence-electron chi connectivity index (χ4n) is 5.57. The van der Waals surface area contributed by atoms with Crippen LogP contribution in [0.1, 0.15) is 51.3 Å². The number of Topliss-reactive ketones (excluding diaryl/α,β-unsaturated/α-hetero) is 1. The van der Waals surface area contributed by atoms with E-state index in [1.165, 1.54) is 35.6 Å². The van der Waals surface area contributed by atoms with Gasteiger partial charge in [0, 0.05) is 39.8 Å². The second kappa shape index (κ2) is 12.1. The molecule has 10 heteroatoms. The second-order valence-corrected chi connectivity index (χ2v) is 12.2. The molecule has 42 heavy (non-hydrogen) atoms. The molecule has 1 fully saturated rings. The minimum Gasteiger partial charge on any atom is -0.330 e. The van der Waals surface area contributed by atoms with Crippen LogP contribution in [0.25, 0.3) is 21.2 Å². The van der Waals surface area contributed by atoms with Gasteiger partial charge in [-0.2, -0.15) is 13.2 Å². The van der Waals surface area contributed by atoms with Crippen molar-refractivity contribution in [2.45, 2.75) is 50.5 Å². The first-order chi connectivity index (χ1) is 19.9. The third-order valence-corrected chi connectivity index (χ3v) is 9.62. The molecule has 0 saturated heterocycles. The van der Waals surface area contributed by atoms with E-state index in [0.717, 1.165) is 47.9 Å². The molecule has 0 bridgehead atoms. The van der Waals surface area contributed by atoms with Gasteiger partial charge in [-0.3, -0.25) is 9.59 Å². The van der Waals surface area contributed by atoms with Gasteiger partial charge in [0.2, 0.25) is 0 Å². The van der Waals surface area contributed by atoms with Crippen molar-refractivity contribution < 1.29 is 27.2 Å². The number of nitrogens with zero attached hydrogens (tertiary/aromatic N) is 2. The van der Waals surface area contributed by atoms with E-state index >= 15 is 4.39 Å². The SMILES string of the molecule is CN(C)C1CCC(N(Cc2cc(-c3ccc(C(=O)C(F)(F)F)cc3)ccc2F)C(=O)c2sc3ccccc3c2Cl)CC1. The second-order valence-electron chi connectivity index (χ2n) is 10.8. The van der Waals surface area contributed by atoms with Gasteiger partial charge in [0.25, 0.3) is 11.7 Å². The Labute approximate surface area is 250 Å². The molecule has 1 aliphatic carbocycles. The third kappa shape index (κ3) is 6.23. The Hall–Kier alpha value is -3.27. The Balaban J connectivity index is 1.47. The van der Waals surface area contributed by atoms with Gasteiger partial charge in [-0.15, -0.1) is 11.3 Å². The van der Waals surface area contributed by atoms with Crippen LogP contribution in [0.4, 0.5) is 17.6 Å². The van der Waals surface area contributed by atoms with Crippen molar-refractivity contribution in [2.75, 3.05) is 14.1 Å². The van der Waals surface area contributed by atoms with Gasteiger partial charge in [0.1, 0.15) is 10.7 Å². The number of amides is 1. The average Bonchev–Trinajstić information content (AvgIpc) is 3.32. The van der Waals surface area contributed by atoms with Gasteiger partial charge in [0.05, 0.1) is 5.02 Å². The molecule has 3 aromatic carbocycles. The lowest BCUT2D eigenvalue weighted by Gasteiger charge is -2.39. The van der Waals surface area contributed by atoms with Gasteiger partial charge in [-0.05, 0) is 69.1 Å². The molecular formula is C32H29ClF4N2O2S. The predicted octanol–water partition coefficient (Wildman–Crippen LogP) is 8.62. The smallest absolute Gasteiger partial charge is 0.330 e. The molecule has 1 heterocycles. The van der Waals surface area contributed by atoms with E-state index in [-0.39, 0.29) is 24.1 Å². The van der Waals surface area contributed by atoms with Crippen molar-refractivity contribution in [2.24, 2.45) is 0 Å². The quantitative estimate of drug-likeness (QED) is 0.154. The number of hydrogen-bond donors (Lipinski definition) is 0. The molecule has 1 amide bonds. The predicted molar refractivity (Wildman–Crippen MR) is 159 cm³/mol. The Morgan fingerprint density at radius 3 is 2.14 bits per heavy atom. The standard InChI is InChI=1S/C32H29ClF4N2O2S/c1-38(2)23-12-14-24(15-13-23)39(31(41)29-28(33)25-5-3-4-6-27(25)42-29)18-22-17-21(11-16-26(22)34)19-7-9-20(10-8-19)30(40)32(35,36)37/h3-11,16-17,23-24H,12-15,18H2,1-2H3. The molecule has 4 aromatic rings. The number of ketones is 1. The summed E-state index contributed by atoms with van der Waals surface area (Å²) >= 11 is 8.01. The number of halogens is 5. The summed E-state index contributed by atoms with van der Waals surface area (Å²) in [6.07, 6.45) is -1.66. The Morgan fingerprint density at radius 2 is 1.52 bits per heavy atom. The largest absolute Gasteiger partial charge is 0.454 e. The molecule has 4 nitrogen and oxygen atoms in total. The van der Waals surface area contributed by atoms with E-state index < -0.39 is 23.3 Å². The van der Waals surface area contributed by atoms with E-state index in [4.69, 9.17) is 11.6 Å².